The molecule has 2 aromatic rings. The number of fused-ring (bicyclic) bond motifs is 1. The van der Waals surface area contributed by atoms with E-state index < -0.39 is 5.41 Å². The number of amides is 1. The van der Waals surface area contributed by atoms with Crippen molar-refractivity contribution in [1.82, 2.24) is 15.6 Å². The van der Waals surface area contributed by atoms with E-state index in [2.05, 4.69) is 28.6 Å². The van der Waals surface area contributed by atoms with Crippen LogP contribution < -0.4 is 10.6 Å². The first-order chi connectivity index (χ1) is 9.44. The molecule has 5 heteroatoms. The molecule has 0 saturated heterocycles. The SMILES string of the molecule is CNC(=O)C(C)(C)CN[C@@H](C)c1cnc2ccsc2c1. The number of nitrogens with zero attached hydrogens (tertiary/aromatic N) is 1. The van der Waals surface area contributed by atoms with Crippen LogP contribution in [0.2, 0.25) is 0 Å². The summed E-state index contributed by atoms with van der Waals surface area (Å²) in [6.45, 7) is 6.59. The average Bonchev–Trinajstić information content (AvgIpc) is 2.91. The summed E-state index contributed by atoms with van der Waals surface area (Å²) >= 11 is 1.70. The van der Waals surface area contributed by atoms with Gasteiger partial charge in [-0.05, 0) is 43.8 Å². The molecule has 0 radical (unpaired) electrons. The van der Waals surface area contributed by atoms with Gasteiger partial charge in [-0.15, -0.1) is 11.3 Å². The van der Waals surface area contributed by atoms with Crippen LogP contribution in [0.4, 0.5) is 0 Å². The number of pyridine rings is 1. The van der Waals surface area contributed by atoms with Crippen molar-refractivity contribution in [3.05, 3.63) is 29.3 Å². The Balaban J connectivity index is 2.04. The third kappa shape index (κ3) is 3.16. The monoisotopic (exact) mass is 291 g/mol. The van der Waals surface area contributed by atoms with Gasteiger partial charge in [0, 0.05) is 25.8 Å². The van der Waals surface area contributed by atoms with Crippen LogP contribution in [0.3, 0.4) is 0 Å². The first-order valence-electron chi connectivity index (χ1n) is 6.73. The third-order valence-corrected chi connectivity index (χ3v) is 4.37. The van der Waals surface area contributed by atoms with Gasteiger partial charge in [-0.1, -0.05) is 0 Å². The lowest BCUT2D eigenvalue weighted by Gasteiger charge is -2.25. The molecule has 108 valence electrons. The number of hydrogen-bond acceptors (Lipinski definition) is 4. The zero-order valence-electron chi connectivity index (χ0n) is 12.4. The Morgan fingerprint density at radius 1 is 1.50 bits per heavy atom. The van der Waals surface area contributed by atoms with Gasteiger partial charge in [-0.2, -0.15) is 0 Å². The molecule has 0 spiro atoms. The quantitative estimate of drug-likeness (QED) is 0.890. The summed E-state index contributed by atoms with van der Waals surface area (Å²) < 4.78 is 1.20. The molecule has 4 nitrogen and oxygen atoms in total. The summed E-state index contributed by atoms with van der Waals surface area (Å²) in [6.07, 6.45) is 1.90. The standard InChI is InChI=1S/C15H21N3OS/c1-10(18-9-15(2,3)14(19)16-4)11-7-13-12(17-8-11)5-6-20-13/h5-8,10,18H,9H2,1-4H3,(H,16,19)/t10-/m0/s1. The molecule has 1 amide bonds. The average molecular weight is 291 g/mol. The first kappa shape index (κ1) is 14.9. The molecule has 1 atom stereocenters. The summed E-state index contributed by atoms with van der Waals surface area (Å²) in [6, 6.07) is 4.35. The number of nitrogens with one attached hydrogen (secondary N) is 2. The highest BCUT2D eigenvalue weighted by atomic mass is 32.1. The smallest absolute Gasteiger partial charge is 0.226 e. The van der Waals surface area contributed by atoms with Crippen molar-refractivity contribution in [3.63, 3.8) is 0 Å². The van der Waals surface area contributed by atoms with Crippen molar-refractivity contribution in [2.45, 2.75) is 26.8 Å². The van der Waals surface area contributed by atoms with Crippen LogP contribution in [-0.4, -0.2) is 24.5 Å². The van der Waals surface area contributed by atoms with Gasteiger partial charge in [0.15, 0.2) is 0 Å². The Bertz CT molecular complexity index is 606. The van der Waals surface area contributed by atoms with Gasteiger partial charge in [0.05, 0.1) is 15.6 Å². The fourth-order valence-corrected chi connectivity index (χ4v) is 2.83. The molecule has 2 N–H and O–H groups in total. The van der Waals surface area contributed by atoms with Crippen LogP contribution in [0, 0.1) is 5.41 Å². The van der Waals surface area contributed by atoms with E-state index in [0.717, 1.165) is 11.1 Å². The van der Waals surface area contributed by atoms with Crippen molar-refractivity contribution in [1.29, 1.82) is 0 Å². The second kappa shape index (κ2) is 5.89. The molecule has 0 aromatic carbocycles. The van der Waals surface area contributed by atoms with Gasteiger partial charge in [-0.3, -0.25) is 9.78 Å². The molecule has 2 aromatic heterocycles. The number of hydrogen-bond donors (Lipinski definition) is 2. The molecule has 0 fully saturated rings. The third-order valence-electron chi connectivity index (χ3n) is 3.52. The van der Waals surface area contributed by atoms with Crippen LogP contribution in [0.1, 0.15) is 32.4 Å². The summed E-state index contributed by atoms with van der Waals surface area (Å²) in [4.78, 5) is 16.2. The topological polar surface area (TPSA) is 54.0 Å². The Morgan fingerprint density at radius 3 is 2.95 bits per heavy atom. The van der Waals surface area contributed by atoms with E-state index in [1.807, 2.05) is 31.5 Å². The van der Waals surface area contributed by atoms with Gasteiger partial charge in [0.25, 0.3) is 0 Å². The van der Waals surface area contributed by atoms with E-state index in [1.165, 1.54) is 4.70 Å². The van der Waals surface area contributed by atoms with Crippen LogP contribution >= 0.6 is 11.3 Å². The summed E-state index contributed by atoms with van der Waals surface area (Å²) in [5.74, 6) is 0.0454. The summed E-state index contributed by atoms with van der Waals surface area (Å²) in [5.41, 5.74) is 1.76. The van der Waals surface area contributed by atoms with Gasteiger partial charge >= 0.3 is 0 Å². The normalized spacial score (nSPS) is 13.4. The maximum Gasteiger partial charge on any atom is 0.226 e. The molecule has 0 aliphatic rings. The Hall–Kier alpha value is -1.46. The maximum absolute atomic E-state index is 11.8. The number of carbonyl (C=O) groups is 1. The van der Waals surface area contributed by atoms with Gasteiger partial charge in [-0.25, -0.2) is 0 Å². The Kier molecular flexibility index (Phi) is 4.40. The molecular formula is C15H21N3OS. The fourth-order valence-electron chi connectivity index (χ4n) is 2.04. The van der Waals surface area contributed by atoms with E-state index in [9.17, 15) is 4.79 Å². The van der Waals surface area contributed by atoms with Crippen molar-refractivity contribution in [2.75, 3.05) is 13.6 Å². The largest absolute Gasteiger partial charge is 0.359 e. The molecule has 2 rings (SSSR count). The molecule has 0 unspecified atom stereocenters. The molecule has 0 bridgehead atoms. The van der Waals surface area contributed by atoms with Gasteiger partial charge in [0.1, 0.15) is 0 Å². The predicted molar refractivity (Wildman–Crippen MR) is 83.9 cm³/mol. The first-order valence-corrected chi connectivity index (χ1v) is 7.61. The Labute approximate surface area is 123 Å². The number of aromatic nitrogens is 1. The second-order valence-corrected chi connectivity index (χ2v) is 6.59. The Morgan fingerprint density at radius 2 is 2.25 bits per heavy atom. The molecular weight excluding hydrogens is 270 g/mol. The highest BCUT2D eigenvalue weighted by Crippen LogP contribution is 2.23. The minimum atomic E-state index is -0.427. The minimum absolute atomic E-state index is 0.0454. The van der Waals surface area contributed by atoms with Gasteiger partial charge in [0.2, 0.25) is 5.91 Å². The van der Waals surface area contributed by atoms with Crippen LogP contribution in [0.15, 0.2) is 23.7 Å². The van der Waals surface area contributed by atoms with Crippen molar-refractivity contribution in [2.24, 2.45) is 5.41 Å². The van der Waals surface area contributed by atoms with Crippen molar-refractivity contribution >= 4 is 27.5 Å². The van der Waals surface area contributed by atoms with Crippen LogP contribution in [0.25, 0.3) is 10.2 Å². The van der Waals surface area contributed by atoms with E-state index in [1.54, 1.807) is 18.4 Å². The summed E-state index contributed by atoms with van der Waals surface area (Å²) in [5, 5.41) is 8.16. The fraction of sp³-hybridized carbons (Fsp3) is 0.467. The molecule has 0 aliphatic carbocycles. The minimum Gasteiger partial charge on any atom is -0.359 e. The second-order valence-electron chi connectivity index (χ2n) is 5.64. The van der Waals surface area contributed by atoms with Gasteiger partial charge < -0.3 is 10.6 Å². The van der Waals surface area contributed by atoms with Crippen molar-refractivity contribution < 1.29 is 4.79 Å². The van der Waals surface area contributed by atoms with E-state index >= 15 is 0 Å². The lowest BCUT2D eigenvalue weighted by molar-refractivity contribution is -0.128. The van der Waals surface area contributed by atoms with Crippen LogP contribution in [-0.2, 0) is 4.79 Å². The predicted octanol–water partition coefficient (Wildman–Crippen LogP) is 2.72. The molecule has 0 aliphatic heterocycles. The molecule has 2 heterocycles. The zero-order chi connectivity index (χ0) is 14.8. The number of carbonyl (C=O) groups excluding carboxylic acids is 1. The van der Waals surface area contributed by atoms with E-state index in [0.29, 0.717) is 6.54 Å². The molecule has 0 saturated carbocycles. The highest BCUT2D eigenvalue weighted by Gasteiger charge is 2.26. The molecule has 20 heavy (non-hydrogen) atoms. The van der Waals surface area contributed by atoms with E-state index in [-0.39, 0.29) is 11.9 Å². The zero-order valence-corrected chi connectivity index (χ0v) is 13.2. The summed E-state index contributed by atoms with van der Waals surface area (Å²) in [7, 11) is 1.67. The number of rotatable bonds is 5. The van der Waals surface area contributed by atoms with E-state index in [4.69, 9.17) is 0 Å². The lowest BCUT2D eigenvalue weighted by atomic mass is 9.92. The highest BCUT2D eigenvalue weighted by molar-refractivity contribution is 7.17. The number of thiophene rings is 1. The lowest BCUT2D eigenvalue weighted by Crippen LogP contribution is -2.42. The van der Waals surface area contributed by atoms with Crippen molar-refractivity contribution in [3.8, 4) is 0 Å². The van der Waals surface area contributed by atoms with Crippen LogP contribution in [0.5, 0.6) is 0 Å². The maximum atomic E-state index is 11.8.